The molecule has 4 nitrogen and oxygen atoms in total. The number of nitrogens with one attached hydrogen (secondary N) is 1. The van der Waals surface area contributed by atoms with Crippen molar-refractivity contribution >= 4 is 11.5 Å². The lowest BCUT2D eigenvalue weighted by Gasteiger charge is -2.29. The Bertz CT molecular complexity index is 375. The second-order valence-electron chi connectivity index (χ2n) is 4.83. The molecule has 0 radical (unpaired) electrons. The molecule has 0 atom stereocenters. The molecule has 1 aromatic rings. The molecule has 0 unspecified atom stereocenters. The highest BCUT2D eigenvalue weighted by Crippen LogP contribution is 2.25. The maximum Gasteiger partial charge on any atom is 0.239 e. The van der Waals surface area contributed by atoms with Crippen molar-refractivity contribution in [3.05, 3.63) is 12.1 Å². The number of nitrogens with two attached hydrogens (primary N) is 1. The second-order valence-corrected chi connectivity index (χ2v) is 4.83. The van der Waals surface area contributed by atoms with Crippen LogP contribution in [-0.4, -0.2) is 17.1 Å². The zero-order chi connectivity index (χ0) is 13.6. The van der Waals surface area contributed by atoms with Gasteiger partial charge in [0.15, 0.2) is 0 Å². The highest BCUT2D eigenvalue weighted by Gasteiger charge is 2.19. The molecule has 0 saturated carbocycles. The van der Waals surface area contributed by atoms with Crippen molar-refractivity contribution in [1.82, 2.24) is 4.98 Å². The molecule has 0 fully saturated rings. The molecule has 0 aliphatic rings. The van der Waals surface area contributed by atoms with Crippen LogP contribution in [0.3, 0.4) is 0 Å². The Morgan fingerprint density at radius 2 is 1.94 bits per heavy atom. The molecule has 0 spiro atoms. The van der Waals surface area contributed by atoms with E-state index in [9.17, 15) is 0 Å². The number of pyridine rings is 1. The van der Waals surface area contributed by atoms with Crippen molar-refractivity contribution in [2.75, 3.05) is 17.7 Å². The van der Waals surface area contributed by atoms with Gasteiger partial charge in [0, 0.05) is 5.54 Å². The average Bonchev–Trinajstić information content (AvgIpc) is 2.39. The van der Waals surface area contributed by atoms with Crippen LogP contribution >= 0.6 is 0 Å². The van der Waals surface area contributed by atoms with Gasteiger partial charge in [-0.25, -0.2) is 0 Å². The molecule has 1 rings (SSSR count). The van der Waals surface area contributed by atoms with E-state index in [-0.39, 0.29) is 5.54 Å². The van der Waals surface area contributed by atoms with Gasteiger partial charge >= 0.3 is 0 Å². The molecule has 4 heteroatoms. The molecule has 0 saturated heterocycles. The third-order valence-corrected chi connectivity index (χ3v) is 3.32. The molecule has 0 aromatic carbocycles. The molecule has 0 aliphatic heterocycles. The summed E-state index contributed by atoms with van der Waals surface area (Å²) in [6, 6.07) is 3.74. The zero-order valence-electron chi connectivity index (χ0n) is 11.9. The Balaban J connectivity index is 2.84. The van der Waals surface area contributed by atoms with Crippen LogP contribution < -0.4 is 15.8 Å². The van der Waals surface area contributed by atoms with Gasteiger partial charge in [-0.3, -0.25) is 0 Å². The topological polar surface area (TPSA) is 60.2 Å². The smallest absolute Gasteiger partial charge is 0.239 e. The van der Waals surface area contributed by atoms with E-state index in [1.165, 1.54) is 0 Å². The summed E-state index contributed by atoms with van der Waals surface area (Å²) in [5.74, 6) is 1.35. The van der Waals surface area contributed by atoms with Crippen LogP contribution in [0.15, 0.2) is 12.1 Å². The summed E-state index contributed by atoms with van der Waals surface area (Å²) in [5.41, 5.74) is 6.49. The Morgan fingerprint density at radius 1 is 1.28 bits per heavy atom. The quantitative estimate of drug-likeness (QED) is 0.779. The van der Waals surface area contributed by atoms with Gasteiger partial charge in [0.2, 0.25) is 5.88 Å². The minimum Gasteiger partial charge on any atom is -0.476 e. The van der Waals surface area contributed by atoms with Crippen molar-refractivity contribution in [1.29, 1.82) is 0 Å². The van der Waals surface area contributed by atoms with E-state index in [1.807, 2.05) is 12.1 Å². The van der Waals surface area contributed by atoms with Crippen LogP contribution in [0.25, 0.3) is 0 Å². The van der Waals surface area contributed by atoms with Gasteiger partial charge in [0.25, 0.3) is 0 Å². The summed E-state index contributed by atoms with van der Waals surface area (Å²) in [5, 5.41) is 3.45. The zero-order valence-corrected chi connectivity index (χ0v) is 11.9. The molecule has 0 amide bonds. The van der Waals surface area contributed by atoms with Crippen molar-refractivity contribution in [2.45, 2.75) is 52.5 Å². The number of rotatable bonds is 7. The predicted octanol–water partition coefficient (Wildman–Crippen LogP) is 3.44. The largest absolute Gasteiger partial charge is 0.476 e. The fraction of sp³-hybridized carbons (Fsp3) is 0.643. The Hall–Kier alpha value is -1.45. The maximum atomic E-state index is 5.84. The van der Waals surface area contributed by atoms with Gasteiger partial charge < -0.3 is 15.8 Å². The maximum absolute atomic E-state index is 5.84. The lowest BCUT2D eigenvalue weighted by Crippen LogP contribution is -2.33. The van der Waals surface area contributed by atoms with Crippen molar-refractivity contribution in [3.63, 3.8) is 0 Å². The SMILES string of the molecule is CCCOc1nc(NC(C)(CC)CC)ccc1N. The summed E-state index contributed by atoms with van der Waals surface area (Å²) in [7, 11) is 0. The molecule has 18 heavy (non-hydrogen) atoms. The first kappa shape index (κ1) is 14.6. The van der Waals surface area contributed by atoms with Crippen LogP contribution in [0.1, 0.15) is 47.0 Å². The van der Waals surface area contributed by atoms with Gasteiger partial charge in [-0.15, -0.1) is 0 Å². The van der Waals surface area contributed by atoms with Crippen molar-refractivity contribution in [2.24, 2.45) is 0 Å². The number of aromatic nitrogens is 1. The summed E-state index contributed by atoms with van der Waals surface area (Å²) >= 11 is 0. The second kappa shape index (κ2) is 6.47. The predicted molar refractivity (Wildman–Crippen MR) is 77.0 cm³/mol. The number of nitrogen functional groups attached to an aromatic ring is 1. The minimum absolute atomic E-state index is 0.0607. The van der Waals surface area contributed by atoms with E-state index in [1.54, 1.807) is 0 Å². The third kappa shape index (κ3) is 3.79. The number of nitrogens with zero attached hydrogens (tertiary/aromatic N) is 1. The van der Waals surface area contributed by atoms with E-state index >= 15 is 0 Å². The Labute approximate surface area is 110 Å². The van der Waals surface area contributed by atoms with Gasteiger partial charge in [0.05, 0.1) is 12.3 Å². The first-order chi connectivity index (χ1) is 8.54. The van der Waals surface area contributed by atoms with Crippen LogP contribution in [0.4, 0.5) is 11.5 Å². The lowest BCUT2D eigenvalue weighted by atomic mass is 9.96. The van der Waals surface area contributed by atoms with E-state index in [0.717, 1.165) is 25.1 Å². The highest BCUT2D eigenvalue weighted by molar-refractivity contribution is 5.54. The Morgan fingerprint density at radius 3 is 2.50 bits per heavy atom. The number of anilines is 2. The van der Waals surface area contributed by atoms with Gasteiger partial charge in [-0.05, 0) is 38.3 Å². The first-order valence-electron chi connectivity index (χ1n) is 6.72. The minimum atomic E-state index is 0.0607. The molecule has 0 bridgehead atoms. The van der Waals surface area contributed by atoms with E-state index in [0.29, 0.717) is 18.2 Å². The molecule has 0 aliphatic carbocycles. The summed E-state index contributed by atoms with van der Waals surface area (Å²) in [6.07, 6.45) is 3.03. The molecular weight excluding hydrogens is 226 g/mol. The van der Waals surface area contributed by atoms with Crippen LogP contribution in [0, 0.1) is 0 Å². The van der Waals surface area contributed by atoms with Crippen molar-refractivity contribution in [3.8, 4) is 5.88 Å². The summed E-state index contributed by atoms with van der Waals surface area (Å²) < 4.78 is 5.53. The molecule has 102 valence electrons. The molecule has 3 N–H and O–H groups in total. The first-order valence-corrected chi connectivity index (χ1v) is 6.72. The van der Waals surface area contributed by atoms with Crippen molar-refractivity contribution < 1.29 is 4.74 Å². The van der Waals surface area contributed by atoms with Crippen LogP contribution in [0.2, 0.25) is 0 Å². The average molecular weight is 251 g/mol. The monoisotopic (exact) mass is 251 g/mol. The van der Waals surface area contributed by atoms with E-state index in [4.69, 9.17) is 10.5 Å². The molecule has 1 aromatic heterocycles. The van der Waals surface area contributed by atoms with Gasteiger partial charge in [0.1, 0.15) is 5.82 Å². The fourth-order valence-corrected chi connectivity index (χ4v) is 1.57. The van der Waals surface area contributed by atoms with Crippen LogP contribution in [-0.2, 0) is 0 Å². The highest BCUT2D eigenvalue weighted by atomic mass is 16.5. The summed E-state index contributed by atoms with van der Waals surface area (Å²) in [6.45, 7) is 9.23. The fourth-order valence-electron chi connectivity index (χ4n) is 1.57. The number of hydrogen-bond donors (Lipinski definition) is 2. The molecule has 1 heterocycles. The normalized spacial score (nSPS) is 11.3. The third-order valence-electron chi connectivity index (χ3n) is 3.32. The number of ether oxygens (including phenoxy) is 1. The van der Waals surface area contributed by atoms with Crippen LogP contribution in [0.5, 0.6) is 5.88 Å². The summed E-state index contributed by atoms with van der Waals surface area (Å²) in [4.78, 5) is 4.43. The van der Waals surface area contributed by atoms with Gasteiger partial charge in [-0.1, -0.05) is 20.8 Å². The molecular formula is C14H25N3O. The lowest BCUT2D eigenvalue weighted by molar-refractivity contribution is 0.307. The number of hydrogen-bond acceptors (Lipinski definition) is 4. The van der Waals surface area contributed by atoms with E-state index < -0.39 is 0 Å². The van der Waals surface area contributed by atoms with Gasteiger partial charge in [-0.2, -0.15) is 4.98 Å². The standard InChI is InChI=1S/C14H25N3O/c1-5-10-18-13-11(15)8-9-12(16-13)17-14(4,6-2)7-3/h8-9H,5-7,10,15H2,1-4H3,(H,16,17). The Kier molecular flexibility index (Phi) is 5.25. The van der Waals surface area contributed by atoms with E-state index in [2.05, 4.69) is 38.0 Å².